The predicted octanol–water partition coefficient (Wildman–Crippen LogP) is 1.81. The van der Waals surface area contributed by atoms with E-state index in [1.807, 2.05) is 30.1 Å². The number of carbonyl (C=O) groups excluding carboxylic acids is 1. The van der Waals surface area contributed by atoms with E-state index in [0.29, 0.717) is 11.6 Å². The maximum atomic E-state index is 12.6. The molecule has 2 N–H and O–H groups in total. The number of H-pyrrole nitrogens is 1. The van der Waals surface area contributed by atoms with E-state index in [9.17, 15) is 4.79 Å². The topological polar surface area (TPSA) is 61.0 Å². The standard InChI is InChI=1S/C14H18N4O.ClH/c1-15-11-5-3-7-18(9-11)14(19)12-6-2-4-10-8-16-17-13(10)12;/h2,4,6,8,11,15H,3,5,7,9H2,1H3,(H,16,17);1H. The molecule has 0 saturated carbocycles. The van der Waals surface area contributed by atoms with Crippen molar-refractivity contribution in [3.05, 3.63) is 30.0 Å². The molecule has 3 rings (SSSR count). The molecule has 108 valence electrons. The Morgan fingerprint density at radius 2 is 2.35 bits per heavy atom. The lowest BCUT2D eigenvalue weighted by Gasteiger charge is -2.32. The number of carbonyl (C=O) groups is 1. The van der Waals surface area contributed by atoms with Crippen molar-refractivity contribution >= 4 is 29.2 Å². The lowest BCUT2D eigenvalue weighted by atomic mass is 10.0. The van der Waals surface area contributed by atoms with Gasteiger partial charge in [0.15, 0.2) is 0 Å². The molecule has 1 aliphatic rings. The Morgan fingerprint density at radius 3 is 3.15 bits per heavy atom. The van der Waals surface area contributed by atoms with Crippen LogP contribution in [-0.2, 0) is 0 Å². The Balaban J connectivity index is 0.00000147. The second-order valence-corrected chi connectivity index (χ2v) is 5.02. The highest BCUT2D eigenvalue weighted by Crippen LogP contribution is 2.19. The average molecular weight is 295 g/mol. The summed E-state index contributed by atoms with van der Waals surface area (Å²) in [6, 6.07) is 6.14. The van der Waals surface area contributed by atoms with Gasteiger partial charge < -0.3 is 10.2 Å². The van der Waals surface area contributed by atoms with Gasteiger partial charge in [-0.3, -0.25) is 9.89 Å². The van der Waals surface area contributed by atoms with E-state index in [2.05, 4.69) is 15.5 Å². The molecule has 2 aromatic rings. The van der Waals surface area contributed by atoms with Gasteiger partial charge in [0, 0.05) is 24.5 Å². The molecule has 1 fully saturated rings. The number of fused-ring (bicyclic) bond motifs is 1. The first-order chi connectivity index (χ1) is 9.29. The molecule has 1 saturated heterocycles. The smallest absolute Gasteiger partial charge is 0.256 e. The van der Waals surface area contributed by atoms with Crippen molar-refractivity contribution in [1.82, 2.24) is 20.4 Å². The van der Waals surface area contributed by atoms with Crippen molar-refractivity contribution in [2.75, 3.05) is 20.1 Å². The maximum Gasteiger partial charge on any atom is 0.256 e. The number of aromatic nitrogens is 2. The number of likely N-dealkylation sites (tertiary alicyclic amines) is 1. The van der Waals surface area contributed by atoms with Gasteiger partial charge in [-0.25, -0.2) is 0 Å². The summed E-state index contributed by atoms with van der Waals surface area (Å²) >= 11 is 0. The third-order valence-corrected chi connectivity index (χ3v) is 3.82. The van der Waals surface area contributed by atoms with Gasteiger partial charge in [-0.2, -0.15) is 5.10 Å². The second-order valence-electron chi connectivity index (χ2n) is 5.02. The summed E-state index contributed by atoms with van der Waals surface area (Å²) in [5.41, 5.74) is 1.55. The SMILES string of the molecule is CNC1CCCN(C(=O)c2cccc3cn[nH]c23)C1.Cl. The van der Waals surface area contributed by atoms with E-state index in [0.717, 1.165) is 36.8 Å². The zero-order valence-electron chi connectivity index (χ0n) is 11.4. The average Bonchev–Trinajstić information content (AvgIpc) is 2.95. The zero-order chi connectivity index (χ0) is 13.2. The van der Waals surface area contributed by atoms with Gasteiger partial charge in [0.1, 0.15) is 0 Å². The number of rotatable bonds is 2. The minimum absolute atomic E-state index is 0. The monoisotopic (exact) mass is 294 g/mol. The van der Waals surface area contributed by atoms with E-state index in [4.69, 9.17) is 0 Å². The molecule has 20 heavy (non-hydrogen) atoms. The van der Waals surface area contributed by atoms with Crippen LogP contribution in [0.2, 0.25) is 0 Å². The number of likely N-dealkylation sites (N-methyl/N-ethyl adjacent to an activating group) is 1. The van der Waals surface area contributed by atoms with Crippen molar-refractivity contribution in [2.24, 2.45) is 0 Å². The van der Waals surface area contributed by atoms with Gasteiger partial charge in [0.25, 0.3) is 5.91 Å². The van der Waals surface area contributed by atoms with Crippen molar-refractivity contribution in [1.29, 1.82) is 0 Å². The van der Waals surface area contributed by atoms with Crippen molar-refractivity contribution < 1.29 is 4.79 Å². The fraction of sp³-hybridized carbons (Fsp3) is 0.429. The first-order valence-electron chi connectivity index (χ1n) is 6.68. The van der Waals surface area contributed by atoms with E-state index in [-0.39, 0.29) is 18.3 Å². The number of para-hydroxylation sites is 1. The highest BCUT2D eigenvalue weighted by molar-refractivity contribution is 6.05. The number of hydrogen-bond donors (Lipinski definition) is 2. The van der Waals surface area contributed by atoms with Gasteiger partial charge in [0.05, 0.1) is 17.3 Å². The lowest BCUT2D eigenvalue weighted by Crippen LogP contribution is -2.47. The van der Waals surface area contributed by atoms with Crippen molar-refractivity contribution in [3.8, 4) is 0 Å². The summed E-state index contributed by atoms with van der Waals surface area (Å²) < 4.78 is 0. The van der Waals surface area contributed by atoms with Crippen LogP contribution in [0, 0.1) is 0 Å². The summed E-state index contributed by atoms with van der Waals surface area (Å²) in [5.74, 6) is 0.0924. The third kappa shape index (κ3) is 2.64. The highest BCUT2D eigenvalue weighted by Gasteiger charge is 2.24. The van der Waals surface area contributed by atoms with Crippen LogP contribution in [0.25, 0.3) is 10.9 Å². The molecule has 1 atom stereocenters. The molecular weight excluding hydrogens is 276 g/mol. The van der Waals surface area contributed by atoms with E-state index >= 15 is 0 Å². The predicted molar refractivity (Wildman–Crippen MR) is 81.3 cm³/mol. The summed E-state index contributed by atoms with van der Waals surface area (Å²) in [6.07, 6.45) is 3.93. The summed E-state index contributed by atoms with van der Waals surface area (Å²) in [7, 11) is 1.95. The molecule has 1 aromatic carbocycles. The molecule has 1 aromatic heterocycles. The number of nitrogens with zero attached hydrogens (tertiary/aromatic N) is 2. The number of benzene rings is 1. The first kappa shape index (κ1) is 14.8. The molecule has 0 spiro atoms. The molecule has 0 bridgehead atoms. The van der Waals surface area contributed by atoms with Crippen molar-refractivity contribution in [2.45, 2.75) is 18.9 Å². The van der Waals surface area contributed by atoms with Crippen LogP contribution >= 0.6 is 12.4 Å². The molecule has 0 radical (unpaired) electrons. The molecule has 5 nitrogen and oxygen atoms in total. The van der Waals surface area contributed by atoms with Crippen LogP contribution in [0.4, 0.5) is 0 Å². The van der Waals surface area contributed by atoms with Gasteiger partial charge in [-0.1, -0.05) is 12.1 Å². The molecule has 1 aliphatic heterocycles. The quantitative estimate of drug-likeness (QED) is 0.888. The number of aromatic amines is 1. The lowest BCUT2D eigenvalue weighted by molar-refractivity contribution is 0.0700. The highest BCUT2D eigenvalue weighted by atomic mass is 35.5. The third-order valence-electron chi connectivity index (χ3n) is 3.82. The van der Waals surface area contributed by atoms with E-state index in [1.165, 1.54) is 0 Å². The van der Waals surface area contributed by atoms with Gasteiger partial charge in [0.2, 0.25) is 0 Å². The summed E-state index contributed by atoms with van der Waals surface area (Å²) in [5, 5.41) is 11.2. The molecule has 2 heterocycles. The van der Waals surface area contributed by atoms with Crippen LogP contribution in [0.15, 0.2) is 24.4 Å². The minimum atomic E-state index is 0. The second kappa shape index (κ2) is 6.24. The molecule has 0 aliphatic carbocycles. The van der Waals surface area contributed by atoms with Gasteiger partial charge in [-0.05, 0) is 26.0 Å². The van der Waals surface area contributed by atoms with Gasteiger partial charge in [-0.15, -0.1) is 12.4 Å². The van der Waals surface area contributed by atoms with Crippen LogP contribution in [0.3, 0.4) is 0 Å². The zero-order valence-corrected chi connectivity index (χ0v) is 12.2. The van der Waals surface area contributed by atoms with Crippen LogP contribution in [0.1, 0.15) is 23.2 Å². The summed E-state index contributed by atoms with van der Waals surface area (Å²) in [4.78, 5) is 14.6. The number of piperidine rings is 1. The number of hydrogen-bond acceptors (Lipinski definition) is 3. The Kier molecular flexibility index (Phi) is 4.62. The molecule has 1 amide bonds. The Labute approximate surface area is 124 Å². The van der Waals surface area contributed by atoms with Crippen molar-refractivity contribution in [3.63, 3.8) is 0 Å². The van der Waals surface area contributed by atoms with Crippen LogP contribution in [-0.4, -0.2) is 47.2 Å². The fourth-order valence-corrected chi connectivity index (χ4v) is 2.71. The summed E-state index contributed by atoms with van der Waals surface area (Å²) in [6.45, 7) is 1.61. The van der Waals surface area contributed by atoms with E-state index in [1.54, 1.807) is 6.20 Å². The van der Waals surface area contributed by atoms with Crippen LogP contribution < -0.4 is 5.32 Å². The number of halogens is 1. The maximum absolute atomic E-state index is 12.6. The fourth-order valence-electron chi connectivity index (χ4n) is 2.71. The van der Waals surface area contributed by atoms with Crippen LogP contribution in [0.5, 0.6) is 0 Å². The molecule has 6 heteroatoms. The molecular formula is C14H19ClN4O. The number of amides is 1. The number of nitrogens with one attached hydrogen (secondary N) is 2. The molecule has 1 unspecified atom stereocenters. The van der Waals surface area contributed by atoms with Gasteiger partial charge >= 0.3 is 0 Å². The Morgan fingerprint density at radius 1 is 1.50 bits per heavy atom. The Hall–Kier alpha value is -1.59. The normalized spacial score (nSPS) is 18.9. The minimum Gasteiger partial charge on any atom is -0.337 e. The Bertz CT molecular complexity index is 598. The largest absolute Gasteiger partial charge is 0.337 e. The van der Waals surface area contributed by atoms with E-state index < -0.39 is 0 Å². The first-order valence-corrected chi connectivity index (χ1v) is 6.68.